The van der Waals surface area contributed by atoms with Crippen LogP contribution in [-0.2, 0) is 6.18 Å². The number of aromatic nitrogens is 4. The van der Waals surface area contributed by atoms with E-state index >= 15 is 0 Å². The fourth-order valence-electron chi connectivity index (χ4n) is 4.66. The highest BCUT2D eigenvalue weighted by Crippen LogP contribution is 2.36. The average molecular weight is 542 g/mol. The van der Waals surface area contributed by atoms with Crippen molar-refractivity contribution in [2.75, 3.05) is 59.2 Å². The van der Waals surface area contributed by atoms with Crippen LogP contribution in [0.4, 0.5) is 19.0 Å². The lowest BCUT2D eigenvalue weighted by Crippen LogP contribution is -2.45. The van der Waals surface area contributed by atoms with Gasteiger partial charge in [-0.2, -0.15) is 18.3 Å². The number of likely N-dealkylation sites (N-methyl/N-ethyl adjacent to an activating group) is 1. The number of hydrogen-bond acceptors (Lipinski definition) is 8. The second kappa shape index (κ2) is 10.7. The normalized spacial score (nSPS) is 15.1. The molecule has 1 aromatic carbocycles. The molecule has 1 aliphatic rings. The van der Waals surface area contributed by atoms with E-state index in [0.717, 1.165) is 44.4 Å². The molecule has 9 nitrogen and oxygen atoms in total. The summed E-state index contributed by atoms with van der Waals surface area (Å²) in [5, 5.41) is 4.70. The van der Waals surface area contributed by atoms with Crippen molar-refractivity contribution in [1.82, 2.24) is 29.4 Å². The number of rotatable bonds is 7. The summed E-state index contributed by atoms with van der Waals surface area (Å²) in [6.07, 6.45) is -3.34. The summed E-state index contributed by atoms with van der Waals surface area (Å²) in [7, 11) is 3.70. The summed E-state index contributed by atoms with van der Waals surface area (Å²) in [4.78, 5) is 12.9. The van der Waals surface area contributed by atoms with Crippen molar-refractivity contribution < 1.29 is 22.6 Å². The van der Waals surface area contributed by atoms with E-state index in [9.17, 15) is 13.2 Å². The fraction of sp³-hybridized carbons (Fsp3) is 0.370. The Kier molecular flexibility index (Phi) is 7.32. The number of pyridine rings is 1. The summed E-state index contributed by atoms with van der Waals surface area (Å²) in [5.74, 6) is 0.611. The molecule has 0 aliphatic carbocycles. The summed E-state index contributed by atoms with van der Waals surface area (Å²) in [6, 6.07) is 10.1. The van der Waals surface area contributed by atoms with Crippen LogP contribution in [0.15, 0.2) is 42.6 Å². The quantitative estimate of drug-likeness (QED) is 0.375. The van der Waals surface area contributed by atoms with Crippen molar-refractivity contribution in [3.8, 4) is 34.0 Å². The van der Waals surface area contributed by atoms with Gasteiger partial charge in [-0.1, -0.05) is 0 Å². The van der Waals surface area contributed by atoms with Crippen LogP contribution in [-0.4, -0.2) is 82.9 Å². The van der Waals surface area contributed by atoms with E-state index in [2.05, 4.69) is 26.8 Å². The number of imidazole rings is 1. The maximum Gasteiger partial charge on any atom is 0.419 e. The molecule has 206 valence electrons. The van der Waals surface area contributed by atoms with Crippen molar-refractivity contribution in [3.05, 3.63) is 53.9 Å². The maximum absolute atomic E-state index is 13.5. The molecule has 5 rings (SSSR count). The zero-order chi connectivity index (χ0) is 27.7. The van der Waals surface area contributed by atoms with Crippen LogP contribution < -0.4 is 15.2 Å². The lowest BCUT2D eigenvalue weighted by atomic mass is 10.1. The molecule has 0 amide bonds. The van der Waals surface area contributed by atoms with Crippen molar-refractivity contribution >= 4 is 11.5 Å². The van der Waals surface area contributed by atoms with E-state index in [0.29, 0.717) is 40.8 Å². The van der Waals surface area contributed by atoms with Crippen LogP contribution in [0, 0.1) is 6.92 Å². The SMILES string of the molecule is COc1cc(-c2ccc3nc(C)c(-c4cnc(N)c(C(F)(F)F)c4)n3n2)ccc1OCCN1CCN(C)CC1. The Morgan fingerprint density at radius 2 is 1.77 bits per heavy atom. The number of methoxy groups -OCH3 is 1. The Morgan fingerprint density at radius 1 is 1.00 bits per heavy atom. The minimum absolute atomic E-state index is 0.216. The second-order valence-electron chi connectivity index (χ2n) is 9.55. The van der Waals surface area contributed by atoms with Gasteiger partial charge in [0.1, 0.15) is 12.4 Å². The van der Waals surface area contributed by atoms with Gasteiger partial charge in [-0.15, -0.1) is 0 Å². The van der Waals surface area contributed by atoms with Gasteiger partial charge >= 0.3 is 6.18 Å². The van der Waals surface area contributed by atoms with Gasteiger partial charge in [0.2, 0.25) is 0 Å². The highest BCUT2D eigenvalue weighted by atomic mass is 19.4. The lowest BCUT2D eigenvalue weighted by Gasteiger charge is -2.32. The molecule has 0 bridgehead atoms. The van der Waals surface area contributed by atoms with Crippen molar-refractivity contribution in [1.29, 1.82) is 0 Å². The van der Waals surface area contributed by atoms with Crippen molar-refractivity contribution in [3.63, 3.8) is 0 Å². The number of nitrogens with zero attached hydrogens (tertiary/aromatic N) is 6. The third-order valence-corrected chi connectivity index (χ3v) is 6.87. The highest BCUT2D eigenvalue weighted by Gasteiger charge is 2.34. The molecule has 39 heavy (non-hydrogen) atoms. The van der Waals surface area contributed by atoms with Crippen LogP contribution in [0.2, 0.25) is 0 Å². The first-order chi connectivity index (χ1) is 18.6. The first kappa shape index (κ1) is 26.7. The molecule has 0 radical (unpaired) electrons. The van der Waals surface area contributed by atoms with E-state index in [1.807, 2.05) is 18.2 Å². The number of fused-ring (bicyclic) bond motifs is 1. The lowest BCUT2D eigenvalue weighted by molar-refractivity contribution is -0.137. The van der Waals surface area contributed by atoms with Gasteiger partial charge in [0, 0.05) is 50.0 Å². The number of halogens is 3. The number of benzene rings is 1. The van der Waals surface area contributed by atoms with E-state index in [1.54, 1.807) is 26.2 Å². The molecular weight excluding hydrogens is 511 g/mol. The van der Waals surface area contributed by atoms with E-state index in [4.69, 9.17) is 20.3 Å². The predicted octanol–water partition coefficient (Wildman–Crippen LogP) is 4.00. The van der Waals surface area contributed by atoms with Gasteiger partial charge in [-0.3, -0.25) is 4.90 Å². The molecule has 2 N–H and O–H groups in total. The van der Waals surface area contributed by atoms with Gasteiger partial charge in [-0.05, 0) is 50.4 Å². The monoisotopic (exact) mass is 541 g/mol. The largest absolute Gasteiger partial charge is 0.493 e. The minimum Gasteiger partial charge on any atom is -0.493 e. The summed E-state index contributed by atoms with van der Waals surface area (Å²) in [6.45, 7) is 7.21. The first-order valence-corrected chi connectivity index (χ1v) is 12.6. The Labute approximate surface area is 224 Å². The van der Waals surface area contributed by atoms with E-state index in [1.165, 1.54) is 10.7 Å². The first-order valence-electron chi connectivity index (χ1n) is 12.6. The number of anilines is 1. The van der Waals surface area contributed by atoms with Gasteiger partial charge in [-0.25, -0.2) is 14.5 Å². The number of nitrogen functional groups attached to an aromatic ring is 1. The van der Waals surface area contributed by atoms with Gasteiger partial charge in [0.15, 0.2) is 17.1 Å². The van der Waals surface area contributed by atoms with E-state index in [-0.39, 0.29) is 5.56 Å². The van der Waals surface area contributed by atoms with Gasteiger partial charge in [0.25, 0.3) is 0 Å². The topological polar surface area (TPSA) is 94.0 Å². The molecule has 1 fully saturated rings. The number of alkyl halides is 3. The predicted molar refractivity (Wildman–Crippen MR) is 142 cm³/mol. The summed E-state index contributed by atoms with van der Waals surface area (Å²) >= 11 is 0. The number of aryl methyl sites for hydroxylation is 1. The molecule has 0 saturated carbocycles. The fourth-order valence-corrected chi connectivity index (χ4v) is 4.66. The second-order valence-corrected chi connectivity index (χ2v) is 9.55. The Morgan fingerprint density at radius 3 is 2.49 bits per heavy atom. The highest BCUT2D eigenvalue weighted by molar-refractivity contribution is 5.70. The Hall–Kier alpha value is -3.90. The molecule has 0 spiro atoms. The van der Waals surface area contributed by atoms with Crippen LogP contribution in [0.25, 0.3) is 28.2 Å². The van der Waals surface area contributed by atoms with Gasteiger partial charge in [0.05, 0.1) is 29.8 Å². The molecule has 4 heterocycles. The van der Waals surface area contributed by atoms with Crippen molar-refractivity contribution in [2.24, 2.45) is 0 Å². The zero-order valence-electron chi connectivity index (χ0n) is 22.0. The number of nitrogens with two attached hydrogens (primary N) is 1. The third kappa shape index (κ3) is 5.62. The minimum atomic E-state index is -4.63. The van der Waals surface area contributed by atoms with Crippen LogP contribution in [0.5, 0.6) is 11.5 Å². The van der Waals surface area contributed by atoms with Gasteiger partial charge < -0.3 is 20.1 Å². The molecule has 12 heteroatoms. The van der Waals surface area contributed by atoms with Crippen molar-refractivity contribution in [2.45, 2.75) is 13.1 Å². The molecule has 1 aliphatic heterocycles. The Balaban J connectivity index is 1.41. The zero-order valence-corrected chi connectivity index (χ0v) is 22.0. The molecule has 1 saturated heterocycles. The summed E-state index contributed by atoms with van der Waals surface area (Å²) in [5.41, 5.74) is 7.46. The molecule has 0 atom stereocenters. The Bertz CT molecular complexity index is 1480. The van der Waals surface area contributed by atoms with Crippen LogP contribution in [0.1, 0.15) is 11.3 Å². The summed E-state index contributed by atoms with van der Waals surface area (Å²) < 4.78 is 53.6. The standard InChI is InChI=1S/C27H30F3N7O2/c1-17-25(19-14-20(27(28,29)30)26(31)32-16-19)37-24(33-17)7-5-21(34-37)18-4-6-22(23(15-18)38-3)39-13-12-36-10-8-35(2)9-11-36/h4-7,14-16H,8-13H2,1-3H3,(H2,31,32). The molecule has 3 aromatic heterocycles. The number of hydrogen-bond donors (Lipinski definition) is 1. The molecule has 0 unspecified atom stereocenters. The maximum atomic E-state index is 13.5. The number of ether oxygens (including phenoxy) is 2. The van der Waals surface area contributed by atoms with Crippen LogP contribution >= 0.6 is 0 Å². The smallest absolute Gasteiger partial charge is 0.419 e. The molecular formula is C27H30F3N7O2. The van der Waals surface area contributed by atoms with Crippen LogP contribution in [0.3, 0.4) is 0 Å². The average Bonchev–Trinajstić information content (AvgIpc) is 3.24. The number of piperazine rings is 1. The third-order valence-electron chi connectivity index (χ3n) is 6.87. The van der Waals surface area contributed by atoms with E-state index < -0.39 is 17.6 Å². The molecule has 4 aromatic rings.